The monoisotopic (exact) mass is 352 g/mol. The van der Waals surface area contributed by atoms with E-state index in [9.17, 15) is 0 Å². The second-order valence-electron chi connectivity index (χ2n) is 5.39. The fraction of sp³-hybridized carbons (Fsp3) is 0.200. The SMILES string of the molecule is CCc1cc(Oc2cccc(OC)c2)nc(SCc2ccccc2)n1. The second-order valence-corrected chi connectivity index (χ2v) is 6.33. The number of aromatic nitrogens is 2. The Labute approximate surface area is 152 Å². The quantitative estimate of drug-likeness (QED) is 0.435. The highest BCUT2D eigenvalue weighted by atomic mass is 32.2. The van der Waals surface area contributed by atoms with E-state index in [1.54, 1.807) is 18.9 Å². The van der Waals surface area contributed by atoms with Crippen molar-refractivity contribution in [2.75, 3.05) is 7.11 Å². The van der Waals surface area contributed by atoms with E-state index in [1.165, 1.54) is 5.56 Å². The average molecular weight is 352 g/mol. The van der Waals surface area contributed by atoms with Crippen molar-refractivity contribution in [2.24, 2.45) is 0 Å². The molecule has 4 nitrogen and oxygen atoms in total. The maximum atomic E-state index is 5.91. The molecule has 0 spiro atoms. The van der Waals surface area contributed by atoms with E-state index in [4.69, 9.17) is 9.47 Å². The molecule has 5 heteroatoms. The van der Waals surface area contributed by atoms with E-state index < -0.39 is 0 Å². The van der Waals surface area contributed by atoms with Crippen molar-refractivity contribution in [3.63, 3.8) is 0 Å². The fourth-order valence-electron chi connectivity index (χ4n) is 2.25. The maximum absolute atomic E-state index is 5.91. The number of benzene rings is 2. The zero-order valence-electron chi connectivity index (χ0n) is 14.3. The van der Waals surface area contributed by atoms with E-state index in [2.05, 4.69) is 29.0 Å². The van der Waals surface area contributed by atoms with Crippen LogP contribution < -0.4 is 9.47 Å². The summed E-state index contributed by atoms with van der Waals surface area (Å²) in [5.74, 6) is 2.82. The van der Waals surface area contributed by atoms with Gasteiger partial charge in [0, 0.05) is 23.6 Å². The van der Waals surface area contributed by atoms with Crippen LogP contribution in [0.15, 0.2) is 65.8 Å². The van der Waals surface area contributed by atoms with Crippen molar-refractivity contribution < 1.29 is 9.47 Å². The highest BCUT2D eigenvalue weighted by Crippen LogP contribution is 2.27. The van der Waals surface area contributed by atoms with E-state index in [-0.39, 0.29) is 0 Å². The molecule has 2 aromatic carbocycles. The van der Waals surface area contributed by atoms with Crippen LogP contribution in [-0.2, 0) is 12.2 Å². The third kappa shape index (κ3) is 4.97. The van der Waals surface area contributed by atoms with Crippen LogP contribution in [0.5, 0.6) is 17.4 Å². The lowest BCUT2D eigenvalue weighted by atomic mass is 10.2. The Morgan fingerprint density at radius 1 is 0.920 bits per heavy atom. The van der Waals surface area contributed by atoms with Gasteiger partial charge in [0.1, 0.15) is 11.5 Å². The van der Waals surface area contributed by atoms with Crippen LogP contribution in [0.4, 0.5) is 0 Å². The molecule has 0 N–H and O–H groups in total. The Hall–Kier alpha value is -2.53. The molecule has 0 aliphatic heterocycles. The minimum atomic E-state index is 0.552. The van der Waals surface area contributed by atoms with Gasteiger partial charge in [-0.2, -0.15) is 4.98 Å². The number of rotatable bonds is 7. The van der Waals surface area contributed by atoms with E-state index >= 15 is 0 Å². The van der Waals surface area contributed by atoms with Crippen molar-refractivity contribution in [2.45, 2.75) is 24.3 Å². The van der Waals surface area contributed by atoms with Gasteiger partial charge in [0.25, 0.3) is 0 Å². The minimum Gasteiger partial charge on any atom is -0.497 e. The molecule has 3 rings (SSSR count). The van der Waals surface area contributed by atoms with Gasteiger partial charge < -0.3 is 9.47 Å². The third-order valence-electron chi connectivity index (χ3n) is 3.57. The second kappa shape index (κ2) is 8.53. The molecule has 0 bridgehead atoms. The number of nitrogens with zero attached hydrogens (tertiary/aromatic N) is 2. The summed E-state index contributed by atoms with van der Waals surface area (Å²) in [5.41, 5.74) is 2.21. The molecule has 0 fully saturated rings. The summed E-state index contributed by atoms with van der Waals surface area (Å²) < 4.78 is 11.1. The van der Waals surface area contributed by atoms with Crippen LogP contribution in [0.3, 0.4) is 0 Å². The van der Waals surface area contributed by atoms with Gasteiger partial charge in [0.2, 0.25) is 5.88 Å². The standard InChI is InChI=1S/C20H20N2O2S/c1-3-16-12-19(24-18-11-7-10-17(13-18)23-2)22-20(21-16)25-14-15-8-5-4-6-9-15/h4-13H,3,14H2,1-2H3. The molecule has 3 aromatic rings. The van der Waals surface area contributed by atoms with Crippen LogP contribution in [0.25, 0.3) is 0 Å². The largest absolute Gasteiger partial charge is 0.497 e. The molecule has 0 radical (unpaired) electrons. The number of hydrogen-bond acceptors (Lipinski definition) is 5. The van der Waals surface area contributed by atoms with Gasteiger partial charge in [-0.25, -0.2) is 4.98 Å². The van der Waals surface area contributed by atoms with Crippen LogP contribution >= 0.6 is 11.8 Å². The summed E-state index contributed by atoms with van der Waals surface area (Å²) in [7, 11) is 1.64. The van der Waals surface area contributed by atoms with Crippen molar-refractivity contribution in [3.05, 3.63) is 71.9 Å². The molecule has 0 unspecified atom stereocenters. The smallest absolute Gasteiger partial charge is 0.223 e. The molecule has 0 atom stereocenters. The molecule has 128 valence electrons. The lowest BCUT2D eigenvalue weighted by Crippen LogP contribution is -1.97. The highest BCUT2D eigenvalue weighted by Gasteiger charge is 2.08. The van der Waals surface area contributed by atoms with Crippen LogP contribution in [0.1, 0.15) is 18.2 Å². The normalized spacial score (nSPS) is 10.5. The Morgan fingerprint density at radius 3 is 2.48 bits per heavy atom. The molecule has 1 heterocycles. The zero-order valence-corrected chi connectivity index (χ0v) is 15.1. The van der Waals surface area contributed by atoms with Gasteiger partial charge in [0.05, 0.1) is 7.11 Å². The maximum Gasteiger partial charge on any atom is 0.223 e. The summed E-state index contributed by atoms with van der Waals surface area (Å²) in [6, 6.07) is 19.7. The molecular formula is C20H20N2O2S. The van der Waals surface area contributed by atoms with Gasteiger partial charge in [-0.15, -0.1) is 0 Å². The number of methoxy groups -OCH3 is 1. The Morgan fingerprint density at radius 2 is 1.72 bits per heavy atom. The molecule has 1 aromatic heterocycles. The first kappa shape index (κ1) is 17.3. The third-order valence-corrected chi connectivity index (χ3v) is 4.49. The summed E-state index contributed by atoms with van der Waals surface area (Å²) in [6.07, 6.45) is 0.829. The zero-order chi connectivity index (χ0) is 17.5. The van der Waals surface area contributed by atoms with Crippen molar-refractivity contribution >= 4 is 11.8 Å². The first-order chi connectivity index (χ1) is 12.3. The first-order valence-electron chi connectivity index (χ1n) is 8.13. The predicted octanol–water partition coefficient (Wildman–Crippen LogP) is 5.13. The minimum absolute atomic E-state index is 0.552. The van der Waals surface area contributed by atoms with Gasteiger partial charge >= 0.3 is 0 Å². The highest BCUT2D eigenvalue weighted by molar-refractivity contribution is 7.98. The topological polar surface area (TPSA) is 44.2 Å². The van der Waals surface area contributed by atoms with Crippen LogP contribution in [0.2, 0.25) is 0 Å². The van der Waals surface area contributed by atoms with Gasteiger partial charge in [-0.05, 0) is 24.1 Å². The molecular weight excluding hydrogens is 332 g/mol. The van der Waals surface area contributed by atoms with E-state index in [0.717, 1.165) is 28.8 Å². The van der Waals surface area contributed by atoms with Crippen LogP contribution in [0, 0.1) is 0 Å². The lowest BCUT2D eigenvalue weighted by Gasteiger charge is -2.09. The summed E-state index contributed by atoms with van der Waals surface area (Å²) in [4.78, 5) is 9.13. The predicted molar refractivity (Wildman–Crippen MR) is 100 cm³/mol. The summed E-state index contributed by atoms with van der Waals surface area (Å²) >= 11 is 1.61. The number of aryl methyl sites for hydroxylation is 1. The molecule has 0 saturated carbocycles. The van der Waals surface area contributed by atoms with Crippen molar-refractivity contribution in [1.29, 1.82) is 0 Å². The first-order valence-corrected chi connectivity index (χ1v) is 9.12. The number of hydrogen-bond donors (Lipinski definition) is 0. The summed E-state index contributed by atoms with van der Waals surface area (Å²) in [5, 5.41) is 0.723. The molecule has 25 heavy (non-hydrogen) atoms. The Balaban J connectivity index is 1.77. The van der Waals surface area contributed by atoms with E-state index in [0.29, 0.717) is 11.6 Å². The van der Waals surface area contributed by atoms with Gasteiger partial charge in [-0.1, -0.05) is 55.1 Å². The molecule has 0 saturated heterocycles. The van der Waals surface area contributed by atoms with Gasteiger partial charge in [0.15, 0.2) is 5.16 Å². The molecule has 0 aliphatic rings. The molecule has 0 amide bonds. The fourth-order valence-corrected chi connectivity index (χ4v) is 3.08. The van der Waals surface area contributed by atoms with Crippen molar-refractivity contribution in [1.82, 2.24) is 9.97 Å². The van der Waals surface area contributed by atoms with Crippen LogP contribution in [-0.4, -0.2) is 17.1 Å². The number of ether oxygens (including phenoxy) is 2. The number of thioether (sulfide) groups is 1. The van der Waals surface area contributed by atoms with Gasteiger partial charge in [-0.3, -0.25) is 0 Å². The van der Waals surface area contributed by atoms with Crippen molar-refractivity contribution in [3.8, 4) is 17.4 Å². The lowest BCUT2D eigenvalue weighted by molar-refractivity contribution is 0.406. The average Bonchev–Trinajstić information content (AvgIpc) is 2.67. The Kier molecular flexibility index (Phi) is 5.90. The summed E-state index contributed by atoms with van der Waals surface area (Å²) in [6.45, 7) is 2.07. The Bertz CT molecular complexity index is 825. The van der Waals surface area contributed by atoms with E-state index in [1.807, 2.05) is 48.5 Å². The molecule has 0 aliphatic carbocycles.